The van der Waals surface area contributed by atoms with Gasteiger partial charge in [-0.1, -0.05) is 81.6 Å². The monoisotopic (exact) mass is 605 g/mol. The predicted octanol–water partition coefficient (Wildman–Crippen LogP) is 5.71. The van der Waals surface area contributed by atoms with Gasteiger partial charge in [0.2, 0.25) is 11.8 Å². The SMILES string of the molecule is CCc1ccccc1N(CC(=O)N(Cc1ccc(OC)cc1)C(CC)C(=O)NC1CCCCC1)S(=O)(=O)c1ccccc1. The van der Waals surface area contributed by atoms with Gasteiger partial charge in [-0.25, -0.2) is 8.42 Å². The van der Waals surface area contributed by atoms with Gasteiger partial charge in [0, 0.05) is 12.6 Å². The second-order valence-electron chi connectivity index (χ2n) is 10.9. The van der Waals surface area contributed by atoms with E-state index in [9.17, 15) is 18.0 Å². The number of carbonyl (C=O) groups excluding carboxylic acids is 2. The van der Waals surface area contributed by atoms with Crippen LogP contribution in [-0.2, 0) is 32.6 Å². The second-order valence-corrected chi connectivity index (χ2v) is 12.8. The van der Waals surface area contributed by atoms with Crippen molar-refractivity contribution in [1.82, 2.24) is 10.2 Å². The number of methoxy groups -OCH3 is 1. The van der Waals surface area contributed by atoms with Gasteiger partial charge in [0.25, 0.3) is 10.0 Å². The van der Waals surface area contributed by atoms with E-state index in [0.29, 0.717) is 24.3 Å². The van der Waals surface area contributed by atoms with Crippen LogP contribution in [0.5, 0.6) is 5.75 Å². The third-order valence-electron chi connectivity index (χ3n) is 8.10. The number of sulfonamides is 1. The Morgan fingerprint density at radius 2 is 1.56 bits per heavy atom. The third kappa shape index (κ3) is 7.96. The van der Waals surface area contributed by atoms with E-state index in [1.54, 1.807) is 37.4 Å². The van der Waals surface area contributed by atoms with E-state index in [-0.39, 0.29) is 23.4 Å². The highest BCUT2D eigenvalue weighted by Crippen LogP contribution is 2.28. The Bertz CT molecular complexity index is 1450. The number of hydrogen-bond acceptors (Lipinski definition) is 5. The highest BCUT2D eigenvalue weighted by molar-refractivity contribution is 7.92. The molecule has 43 heavy (non-hydrogen) atoms. The highest BCUT2D eigenvalue weighted by atomic mass is 32.2. The molecule has 1 aliphatic carbocycles. The van der Waals surface area contributed by atoms with Gasteiger partial charge in [-0.3, -0.25) is 13.9 Å². The van der Waals surface area contributed by atoms with Crippen molar-refractivity contribution in [3.63, 3.8) is 0 Å². The zero-order valence-electron chi connectivity index (χ0n) is 25.4. The number of para-hydroxylation sites is 1. The number of carbonyl (C=O) groups is 2. The molecule has 4 rings (SSSR count). The summed E-state index contributed by atoms with van der Waals surface area (Å²) in [5.41, 5.74) is 2.06. The van der Waals surface area contributed by atoms with E-state index in [1.807, 2.05) is 50.2 Å². The summed E-state index contributed by atoms with van der Waals surface area (Å²) in [6.45, 7) is 3.53. The van der Waals surface area contributed by atoms with Gasteiger partial charge in [-0.05, 0) is 67.1 Å². The van der Waals surface area contributed by atoms with Gasteiger partial charge in [0.1, 0.15) is 18.3 Å². The van der Waals surface area contributed by atoms with Crippen molar-refractivity contribution in [2.75, 3.05) is 18.0 Å². The molecule has 3 aromatic rings. The molecule has 0 saturated heterocycles. The lowest BCUT2D eigenvalue weighted by atomic mass is 9.95. The zero-order chi connectivity index (χ0) is 30.8. The molecule has 0 spiro atoms. The summed E-state index contributed by atoms with van der Waals surface area (Å²) in [6, 6.07) is 22.0. The molecule has 9 heteroatoms. The molecule has 0 radical (unpaired) electrons. The maximum Gasteiger partial charge on any atom is 0.264 e. The molecular formula is C34H43N3O5S. The quantitative estimate of drug-likeness (QED) is 0.269. The van der Waals surface area contributed by atoms with Gasteiger partial charge in [0.05, 0.1) is 17.7 Å². The third-order valence-corrected chi connectivity index (χ3v) is 9.87. The number of hydrogen-bond donors (Lipinski definition) is 1. The molecule has 1 fully saturated rings. The lowest BCUT2D eigenvalue weighted by Crippen LogP contribution is -2.54. The predicted molar refractivity (Wildman–Crippen MR) is 169 cm³/mol. The van der Waals surface area contributed by atoms with E-state index in [1.165, 1.54) is 21.3 Å². The highest BCUT2D eigenvalue weighted by Gasteiger charge is 2.35. The Kier molecular flexibility index (Phi) is 11.2. The summed E-state index contributed by atoms with van der Waals surface area (Å²) in [4.78, 5) is 29.7. The van der Waals surface area contributed by atoms with Crippen molar-refractivity contribution in [2.24, 2.45) is 0 Å². The summed E-state index contributed by atoms with van der Waals surface area (Å²) in [5, 5.41) is 3.18. The fraction of sp³-hybridized carbons (Fsp3) is 0.412. The summed E-state index contributed by atoms with van der Waals surface area (Å²) < 4.78 is 34.7. The van der Waals surface area contributed by atoms with Crippen LogP contribution < -0.4 is 14.4 Å². The van der Waals surface area contributed by atoms with Crippen molar-refractivity contribution in [3.8, 4) is 5.75 Å². The first-order chi connectivity index (χ1) is 20.8. The standard InChI is InChI=1S/C34H43N3O5S/c1-4-27-14-12-13-19-32(27)37(43(40,41)30-17-10-7-11-18-30)25-33(38)36(24-26-20-22-29(42-3)23-21-26)31(5-2)34(39)35-28-15-8-6-9-16-28/h7,10-14,17-23,28,31H,4-6,8-9,15-16,24-25H2,1-3H3,(H,35,39). The number of amides is 2. The number of nitrogens with zero attached hydrogens (tertiary/aromatic N) is 2. The molecular weight excluding hydrogens is 562 g/mol. The molecule has 1 aliphatic rings. The average Bonchev–Trinajstić information content (AvgIpc) is 3.04. The molecule has 0 bridgehead atoms. The van der Waals surface area contributed by atoms with Crippen LogP contribution in [0.2, 0.25) is 0 Å². The van der Waals surface area contributed by atoms with E-state index < -0.39 is 28.5 Å². The number of anilines is 1. The molecule has 1 unspecified atom stereocenters. The normalized spacial score (nSPS) is 14.5. The average molecular weight is 606 g/mol. The minimum atomic E-state index is -4.10. The van der Waals surface area contributed by atoms with Gasteiger partial charge in [0.15, 0.2) is 0 Å². The van der Waals surface area contributed by atoms with Gasteiger partial charge in [-0.15, -0.1) is 0 Å². The van der Waals surface area contributed by atoms with Crippen LogP contribution in [0.15, 0.2) is 83.8 Å². The molecule has 0 heterocycles. The number of benzene rings is 3. The van der Waals surface area contributed by atoms with Crippen molar-refractivity contribution < 1.29 is 22.7 Å². The van der Waals surface area contributed by atoms with Crippen molar-refractivity contribution in [3.05, 3.63) is 90.0 Å². The Hall–Kier alpha value is -3.85. The van der Waals surface area contributed by atoms with Gasteiger partial charge >= 0.3 is 0 Å². The second kappa shape index (κ2) is 15.0. The van der Waals surface area contributed by atoms with Crippen molar-refractivity contribution >= 4 is 27.5 Å². The minimum absolute atomic E-state index is 0.0830. The summed E-state index contributed by atoms with van der Waals surface area (Å²) in [6.07, 6.45) is 6.12. The van der Waals surface area contributed by atoms with Gasteiger partial charge < -0.3 is 15.0 Å². The van der Waals surface area contributed by atoms with Crippen LogP contribution in [0.3, 0.4) is 0 Å². The van der Waals surface area contributed by atoms with Crippen LogP contribution in [0.25, 0.3) is 0 Å². The minimum Gasteiger partial charge on any atom is -0.497 e. The smallest absolute Gasteiger partial charge is 0.264 e. The first-order valence-electron chi connectivity index (χ1n) is 15.2. The number of aryl methyl sites for hydroxylation is 1. The van der Waals surface area contributed by atoms with Crippen LogP contribution in [-0.4, -0.2) is 50.9 Å². The fourth-order valence-corrected chi connectivity index (χ4v) is 7.15. The molecule has 2 amide bonds. The van der Waals surface area contributed by atoms with Crippen molar-refractivity contribution in [1.29, 1.82) is 0 Å². The van der Waals surface area contributed by atoms with Crippen molar-refractivity contribution in [2.45, 2.75) is 82.3 Å². The van der Waals surface area contributed by atoms with E-state index in [0.717, 1.165) is 43.2 Å². The summed E-state index contributed by atoms with van der Waals surface area (Å²) in [7, 11) is -2.52. The maximum absolute atomic E-state index is 14.3. The number of nitrogens with one attached hydrogen (secondary N) is 1. The lowest BCUT2D eigenvalue weighted by Gasteiger charge is -2.35. The molecule has 8 nitrogen and oxygen atoms in total. The van der Waals surface area contributed by atoms with Crippen LogP contribution in [0.1, 0.15) is 63.5 Å². The maximum atomic E-state index is 14.3. The molecule has 1 saturated carbocycles. The Morgan fingerprint density at radius 1 is 0.907 bits per heavy atom. The molecule has 0 aromatic heterocycles. The summed E-state index contributed by atoms with van der Waals surface area (Å²) >= 11 is 0. The molecule has 3 aromatic carbocycles. The fourth-order valence-electron chi connectivity index (χ4n) is 5.68. The van der Waals surface area contributed by atoms with Gasteiger partial charge in [-0.2, -0.15) is 0 Å². The topological polar surface area (TPSA) is 96.0 Å². The van der Waals surface area contributed by atoms with E-state index in [4.69, 9.17) is 4.74 Å². The molecule has 1 atom stereocenters. The molecule has 230 valence electrons. The van der Waals surface area contributed by atoms with Crippen LogP contribution in [0.4, 0.5) is 5.69 Å². The summed E-state index contributed by atoms with van der Waals surface area (Å²) in [5.74, 6) is 0.0228. The number of rotatable bonds is 13. The first-order valence-corrected chi connectivity index (χ1v) is 16.6. The van der Waals surface area contributed by atoms with E-state index >= 15 is 0 Å². The molecule has 0 aliphatic heterocycles. The largest absolute Gasteiger partial charge is 0.497 e. The van der Waals surface area contributed by atoms with Crippen LogP contribution in [0, 0.1) is 0 Å². The molecule has 1 N–H and O–H groups in total. The Labute approximate surface area is 256 Å². The number of ether oxygens (including phenoxy) is 1. The van der Waals surface area contributed by atoms with Crippen LogP contribution >= 0.6 is 0 Å². The Balaban J connectivity index is 1.72. The first kappa shape index (κ1) is 32.1. The zero-order valence-corrected chi connectivity index (χ0v) is 26.2. The lowest BCUT2D eigenvalue weighted by molar-refractivity contribution is -0.140. The Morgan fingerprint density at radius 3 is 2.19 bits per heavy atom. The van der Waals surface area contributed by atoms with E-state index in [2.05, 4.69) is 5.32 Å².